The second kappa shape index (κ2) is 7.40. The van der Waals surface area contributed by atoms with Crippen molar-refractivity contribution >= 4 is 34.0 Å². The standard InChI is InChI=1S/C20H21F3N6/c1-25-14-6-7-29(11-14)18-16-4-2-3-5-17(16)27-19(28-18)26-15-9-12(20(21,22)23)8-13(24)10-15/h2-5,8-10,14,25H,6-7,11,24H2,1H3,(H,26,27,28)/t14-/m0/s1. The Morgan fingerprint density at radius 2 is 1.93 bits per heavy atom. The SMILES string of the molecule is CN[C@H]1CCN(c2nc(Nc3cc(N)cc(C(F)(F)F)c3)nc3ccccc23)C1. The van der Waals surface area contributed by atoms with Gasteiger partial charge in [-0.15, -0.1) is 0 Å². The highest BCUT2D eigenvalue weighted by Crippen LogP contribution is 2.34. The highest BCUT2D eigenvalue weighted by Gasteiger charge is 2.31. The predicted molar refractivity (Wildman–Crippen MR) is 108 cm³/mol. The topological polar surface area (TPSA) is 79.1 Å². The number of nitrogens with zero attached hydrogens (tertiary/aromatic N) is 3. The smallest absolute Gasteiger partial charge is 0.399 e. The van der Waals surface area contributed by atoms with Crippen LogP contribution in [0.5, 0.6) is 0 Å². The zero-order valence-electron chi connectivity index (χ0n) is 15.8. The van der Waals surface area contributed by atoms with E-state index in [-0.39, 0.29) is 17.3 Å². The lowest BCUT2D eigenvalue weighted by molar-refractivity contribution is -0.137. The van der Waals surface area contributed by atoms with Gasteiger partial charge in [0.2, 0.25) is 5.95 Å². The Kier molecular flexibility index (Phi) is 4.91. The maximum Gasteiger partial charge on any atom is 0.416 e. The summed E-state index contributed by atoms with van der Waals surface area (Å²) in [5.74, 6) is 0.987. The van der Waals surface area contributed by atoms with E-state index in [1.54, 1.807) is 0 Å². The Morgan fingerprint density at radius 3 is 2.66 bits per heavy atom. The van der Waals surface area contributed by atoms with Crippen LogP contribution in [0.1, 0.15) is 12.0 Å². The van der Waals surface area contributed by atoms with Gasteiger partial charge in [0.1, 0.15) is 5.82 Å². The first kappa shape index (κ1) is 19.3. The molecule has 0 aliphatic carbocycles. The van der Waals surface area contributed by atoms with Crippen LogP contribution in [0.25, 0.3) is 10.9 Å². The molecule has 4 N–H and O–H groups in total. The molecule has 3 aromatic rings. The molecule has 1 atom stereocenters. The zero-order chi connectivity index (χ0) is 20.6. The predicted octanol–water partition coefficient (Wildman–Crippen LogP) is 3.77. The number of para-hydroxylation sites is 1. The quantitative estimate of drug-likeness (QED) is 0.577. The molecule has 1 aliphatic heterocycles. The van der Waals surface area contributed by atoms with E-state index in [9.17, 15) is 13.2 Å². The van der Waals surface area contributed by atoms with Gasteiger partial charge in [-0.1, -0.05) is 12.1 Å². The molecule has 1 aromatic heterocycles. The Hall–Kier alpha value is -3.07. The van der Waals surface area contributed by atoms with E-state index in [1.165, 1.54) is 6.07 Å². The molecule has 4 rings (SSSR count). The van der Waals surface area contributed by atoms with Gasteiger partial charge in [0, 0.05) is 35.9 Å². The number of fused-ring (bicyclic) bond motifs is 1. The number of nitrogen functional groups attached to an aromatic ring is 1. The van der Waals surface area contributed by atoms with Crippen molar-refractivity contribution < 1.29 is 13.2 Å². The molecule has 9 heteroatoms. The van der Waals surface area contributed by atoms with Gasteiger partial charge < -0.3 is 21.3 Å². The number of rotatable bonds is 4. The minimum Gasteiger partial charge on any atom is -0.399 e. The molecule has 0 spiro atoms. The number of halogens is 3. The van der Waals surface area contributed by atoms with Crippen molar-refractivity contribution in [1.29, 1.82) is 0 Å². The summed E-state index contributed by atoms with van der Waals surface area (Å²) >= 11 is 0. The monoisotopic (exact) mass is 402 g/mol. The molecular formula is C20H21F3N6. The summed E-state index contributed by atoms with van der Waals surface area (Å²) in [5.41, 5.74) is 5.76. The minimum atomic E-state index is -4.49. The second-order valence-corrected chi connectivity index (χ2v) is 7.07. The van der Waals surface area contributed by atoms with Crippen molar-refractivity contribution in [3.63, 3.8) is 0 Å². The van der Waals surface area contributed by atoms with Crippen LogP contribution in [0.2, 0.25) is 0 Å². The Labute approximate surface area is 165 Å². The summed E-state index contributed by atoms with van der Waals surface area (Å²) in [4.78, 5) is 11.3. The first-order valence-electron chi connectivity index (χ1n) is 9.27. The molecule has 1 aliphatic rings. The Bertz CT molecular complexity index is 1040. The number of hydrogen-bond donors (Lipinski definition) is 3. The fourth-order valence-corrected chi connectivity index (χ4v) is 3.56. The van der Waals surface area contributed by atoms with Crippen molar-refractivity contribution in [1.82, 2.24) is 15.3 Å². The van der Waals surface area contributed by atoms with Crippen molar-refractivity contribution in [2.45, 2.75) is 18.6 Å². The molecule has 0 unspecified atom stereocenters. The first-order valence-corrected chi connectivity index (χ1v) is 9.27. The fraction of sp³-hybridized carbons (Fsp3) is 0.300. The highest BCUT2D eigenvalue weighted by molar-refractivity contribution is 5.91. The third kappa shape index (κ3) is 4.04. The van der Waals surface area contributed by atoms with Gasteiger partial charge in [0.15, 0.2) is 0 Å². The average Bonchev–Trinajstić information content (AvgIpc) is 3.15. The average molecular weight is 402 g/mol. The van der Waals surface area contributed by atoms with E-state index < -0.39 is 11.7 Å². The summed E-state index contributed by atoms with van der Waals surface area (Å²) in [6.07, 6.45) is -3.50. The number of nitrogens with two attached hydrogens (primary N) is 1. The van der Waals surface area contributed by atoms with E-state index in [4.69, 9.17) is 5.73 Å². The number of likely N-dealkylation sites (N-methyl/N-ethyl adjacent to an activating group) is 1. The number of hydrogen-bond acceptors (Lipinski definition) is 6. The van der Waals surface area contributed by atoms with E-state index >= 15 is 0 Å². The van der Waals surface area contributed by atoms with Crippen molar-refractivity contribution in [2.24, 2.45) is 0 Å². The molecule has 0 radical (unpaired) electrons. The number of anilines is 4. The summed E-state index contributed by atoms with van der Waals surface area (Å²) in [5, 5.41) is 7.07. The third-order valence-electron chi connectivity index (χ3n) is 5.02. The summed E-state index contributed by atoms with van der Waals surface area (Å²) in [7, 11) is 1.93. The van der Waals surface area contributed by atoms with Gasteiger partial charge >= 0.3 is 6.18 Å². The van der Waals surface area contributed by atoms with Crippen molar-refractivity contribution in [3.8, 4) is 0 Å². The van der Waals surface area contributed by atoms with Gasteiger partial charge in [-0.25, -0.2) is 4.98 Å². The third-order valence-corrected chi connectivity index (χ3v) is 5.02. The van der Waals surface area contributed by atoms with Crippen molar-refractivity contribution in [2.75, 3.05) is 36.1 Å². The summed E-state index contributed by atoms with van der Waals surface area (Å²) in [6, 6.07) is 11.3. The van der Waals surface area contributed by atoms with E-state index in [2.05, 4.69) is 25.5 Å². The zero-order valence-corrected chi connectivity index (χ0v) is 15.8. The molecule has 0 bridgehead atoms. The molecule has 152 valence electrons. The second-order valence-electron chi connectivity index (χ2n) is 7.07. The van der Waals surface area contributed by atoms with Crippen molar-refractivity contribution in [3.05, 3.63) is 48.0 Å². The maximum absolute atomic E-state index is 13.1. The fourth-order valence-electron chi connectivity index (χ4n) is 3.56. The molecule has 0 amide bonds. The molecule has 0 saturated carbocycles. The highest BCUT2D eigenvalue weighted by atomic mass is 19.4. The molecular weight excluding hydrogens is 381 g/mol. The van der Waals surface area contributed by atoms with E-state index in [0.29, 0.717) is 11.6 Å². The van der Waals surface area contributed by atoms with Crippen LogP contribution < -0.4 is 21.3 Å². The van der Waals surface area contributed by atoms with E-state index in [1.807, 2.05) is 31.3 Å². The Balaban J connectivity index is 1.73. The maximum atomic E-state index is 13.1. The summed E-state index contributed by atoms with van der Waals surface area (Å²) in [6.45, 7) is 1.63. The lowest BCUT2D eigenvalue weighted by Crippen LogP contribution is -2.30. The molecule has 6 nitrogen and oxygen atoms in total. The van der Waals surface area contributed by atoms with Crippen LogP contribution >= 0.6 is 0 Å². The lowest BCUT2D eigenvalue weighted by Gasteiger charge is -2.20. The van der Waals surface area contributed by atoms with Crippen LogP contribution in [0, 0.1) is 0 Å². The molecule has 29 heavy (non-hydrogen) atoms. The summed E-state index contributed by atoms with van der Waals surface area (Å²) < 4.78 is 39.3. The minimum absolute atomic E-state index is 0.0137. The lowest BCUT2D eigenvalue weighted by atomic mass is 10.1. The van der Waals surface area contributed by atoms with Crippen LogP contribution in [0.15, 0.2) is 42.5 Å². The van der Waals surface area contributed by atoms with Crippen LogP contribution in [-0.2, 0) is 6.18 Å². The molecule has 1 fully saturated rings. The van der Waals surface area contributed by atoms with Crippen LogP contribution in [0.3, 0.4) is 0 Å². The van der Waals surface area contributed by atoms with E-state index in [0.717, 1.165) is 42.8 Å². The van der Waals surface area contributed by atoms with Crippen LogP contribution in [0.4, 0.5) is 36.3 Å². The van der Waals surface area contributed by atoms with Gasteiger partial charge in [-0.3, -0.25) is 0 Å². The largest absolute Gasteiger partial charge is 0.416 e. The van der Waals surface area contributed by atoms with Gasteiger partial charge in [0.05, 0.1) is 11.1 Å². The van der Waals surface area contributed by atoms with Gasteiger partial charge in [0.25, 0.3) is 0 Å². The van der Waals surface area contributed by atoms with Gasteiger partial charge in [-0.05, 0) is 43.8 Å². The number of alkyl halides is 3. The first-order chi connectivity index (χ1) is 13.8. The van der Waals surface area contributed by atoms with Crippen LogP contribution in [-0.4, -0.2) is 36.1 Å². The number of benzene rings is 2. The molecule has 2 aromatic carbocycles. The molecule has 1 saturated heterocycles. The number of nitrogens with one attached hydrogen (secondary N) is 2. The Morgan fingerprint density at radius 1 is 1.14 bits per heavy atom. The molecule has 2 heterocycles. The van der Waals surface area contributed by atoms with Gasteiger partial charge in [-0.2, -0.15) is 18.2 Å². The number of aromatic nitrogens is 2. The normalized spacial score (nSPS) is 17.1.